The molecule has 5 rings (SSSR count). The third-order valence-corrected chi connectivity index (χ3v) is 7.98. The van der Waals surface area contributed by atoms with Crippen LogP contribution in [0.25, 0.3) is 0 Å². The lowest BCUT2D eigenvalue weighted by molar-refractivity contribution is 0.0993. The summed E-state index contributed by atoms with van der Waals surface area (Å²) < 4.78 is 36.9. The van der Waals surface area contributed by atoms with Crippen LogP contribution in [0, 0.1) is 0 Å². The fourth-order valence-corrected chi connectivity index (χ4v) is 6.19. The minimum absolute atomic E-state index is 0.0576. The minimum atomic E-state index is -3.91. The van der Waals surface area contributed by atoms with Gasteiger partial charge in [-0.15, -0.1) is 0 Å². The molecule has 198 valence electrons. The van der Waals surface area contributed by atoms with E-state index in [1.54, 1.807) is 61.6 Å². The molecule has 3 aromatic rings. The van der Waals surface area contributed by atoms with Gasteiger partial charge >= 0.3 is 6.09 Å². The van der Waals surface area contributed by atoms with E-state index in [1.165, 1.54) is 0 Å². The number of aromatic nitrogens is 2. The molecule has 0 saturated heterocycles. The van der Waals surface area contributed by atoms with Crippen LogP contribution in [-0.2, 0) is 26.9 Å². The third kappa shape index (κ3) is 4.30. The molecule has 2 aliphatic heterocycles. The van der Waals surface area contributed by atoms with Gasteiger partial charge in [0.2, 0.25) is 10.0 Å². The van der Waals surface area contributed by atoms with Gasteiger partial charge in [-0.25, -0.2) is 23.2 Å². The van der Waals surface area contributed by atoms with E-state index in [-0.39, 0.29) is 30.6 Å². The number of hydrogen-bond acceptors (Lipinski definition) is 9. The summed E-state index contributed by atoms with van der Waals surface area (Å²) in [5, 5.41) is 0. The van der Waals surface area contributed by atoms with E-state index in [2.05, 4.69) is 9.97 Å². The lowest BCUT2D eigenvalue weighted by Crippen LogP contribution is -2.34. The van der Waals surface area contributed by atoms with Crippen molar-refractivity contribution in [2.45, 2.75) is 26.0 Å². The van der Waals surface area contributed by atoms with Crippen LogP contribution in [0.3, 0.4) is 0 Å². The molecule has 0 bridgehead atoms. The molecule has 38 heavy (non-hydrogen) atoms. The van der Waals surface area contributed by atoms with Gasteiger partial charge in [-0.2, -0.15) is 4.31 Å². The average Bonchev–Trinajstić information content (AvgIpc) is 3.15. The maximum absolute atomic E-state index is 13.3. The van der Waals surface area contributed by atoms with Gasteiger partial charge in [-0.3, -0.25) is 4.79 Å². The Bertz CT molecular complexity index is 1530. The molecule has 2 aromatic heterocycles. The van der Waals surface area contributed by atoms with E-state index in [0.29, 0.717) is 51.5 Å². The highest BCUT2D eigenvalue weighted by molar-refractivity contribution is 7.93. The lowest BCUT2D eigenvalue weighted by Gasteiger charge is -2.22. The van der Waals surface area contributed by atoms with Crippen LogP contribution in [0.1, 0.15) is 35.3 Å². The van der Waals surface area contributed by atoms with Gasteiger partial charge in [0.25, 0.3) is 5.91 Å². The Hall–Kier alpha value is -4.19. The van der Waals surface area contributed by atoms with Gasteiger partial charge in [0.05, 0.1) is 30.2 Å². The number of carbonyl (C=O) groups is 2. The van der Waals surface area contributed by atoms with E-state index >= 15 is 0 Å². The first-order chi connectivity index (χ1) is 18.3. The molecule has 0 atom stereocenters. The fraction of sp³-hybridized carbons (Fsp3) is 0.308. The van der Waals surface area contributed by atoms with Gasteiger partial charge in [0, 0.05) is 38.0 Å². The zero-order valence-electron chi connectivity index (χ0n) is 21.2. The summed E-state index contributed by atoms with van der Waals surface area (Å²) in [7, 11) is -2.19. The predicted octanol–water partition coefficient (Wildman–Crippen LogP) is 3.65. The number of ether oxygens (including phenoxy) is 2. The van der Waals surface area contributed by atoms with E-state index in [0.717, 1.165) is 5.56 Å². The van der Waals surface area contributed by atoms with Crippen molar-refractivity contribution in [3.63, 3.8) is 0 Å². The summed E-state index contributed by atoms with van der Waals surface area (Å²) in [5.41, 5.74) is 2.58. The van der Waals surface area contributed by atoms with Gasteiger partial charge in [-0.1, -0.05) is 6.07 Å². The number of carbonyl (C=O) groups excluding carboxylic acids is 2. The molecule has 0 radical (unpaired) electrons. The number of anilines is 4. The normalized spacial score (nSPS) is 15.4. The van der Waals surface area contributed by atoms with Crippen molar-refractivity contribution in [2.24, 2.45) is 0 Å². The lowest BCUT2D eigenvalue weighted by atomic mass is 10.1. The summed E-state index contributed by atoms with van der Waals surface area (Å²) in [6.07, 6.45) is 2.88. The molecule has 1 aromatic carbocycles. The molecule has 0 aliphatic carbocycles. The van der Waals surface area contributed by atoms with Crippen LogP contribution < -0.4 is 18.8 Å². The summed E-state index contributed by atoms with van der Waals surface area (Å²) in [5.74, 6) is 1.02. The highest BCUT2D eigenvalue weighted by Gasteiger charge is 2.40. The Kier molecular flexibility index (Phi) is 6.66. The van der Waals surface area contributed by atoms with Gasteiger partial charge in [0.1, 0.15) is 17.3 Å². The highest BCUT2D eigenvalue weighted by atomic mass is 32.2. The molecule has 2 amide bonds. The van der Waals surface area contributed by atoms with E-state index in [4.69, 9.17) is 9.47 Å². The third-order valence-electron chi connectivity index (χ3n) is 6.43. The number of hydrogen-bond donors (Lipinski definition) is 0. The smallest absolute Gasteiger partial charge is 0.428 e. The quantitative estimate of drug-likeness (QED) is 0.464. The van der Waals surface area contributed by atoms with Crippen molar-refractivity contribution >= 4 is 45.0 Å². The Morgan fingerprint density at radius 3 is 2.63 bits per heavy atom. The molecular formula is C26H27N5O6S. The maximum Gasteiger partial charge on any atom is 0.428 e. The number of sulfonamides is 1. The van der Waals surface area contributed by atoms with Gasteiger partial charge < -0.3 is 19.3 Å². The molecule has 0 unspecified atom stereocenters. The number of benzene rings is 1. The highest BCUT2D eigenvalue weighted by Crippen LogP contribution is 2.40. The molecule has 0 saturated carbocycles. The Morgan fingerprint density at radius 1 is 1.08 bits per heavy atom. The number of fused-ring (bicyclic) bond motifs is 3. The van der Waals surface area contributed by atoms with Crippen molar-refractivity contribution in [3.8, 4) is 5.75 Å². The van der Waals surface area contributed by atoms with Crippen LogP contribution in [-0.4, -0.2) is 57.2 Å². The Balaban J connectivity index is 1.37. The van der Waals surface area contributed by atoms with Crippen molar-refractivity contribution in [1.82, 2.24) is 9.97 Å². The van der Waals surface area contributed by atoms with E-state index in [9.17, 15) is 18.0 Å². The second-order valence-corrected chi connectivity index (χ2v) is 10.6. The van der Waals surface area contributed by atoms with Crippen LogP contribution >= 0.6 is 0 Å². The predicted molar refractivity (Wildman–Crippen MR) is 142 cm³/mol. The molecule has 11 nitrogen and oxygen atoms in total. The first-order valence-corrected chi connectivity index (χ1v) is 13.8. The Labute approximate surface area is 220 Å². The van der Waals surface area contributed by atoms with Crippen LogP contribution in [0.15, 0.2) is 48.8 Å². The van der Waals surface area contributed by atoms with Crippen LogP contribution in [0.4, 0.5) is 27.8 Å². The number of rotatable bonds is 6. The summed E-state index contributed by atoms with van der Waals surface area (Å²) in [6, 6.07) is 10.3. The first kappa shape index (κ1) is 25.5. The van der Waals surface area contributed by atoms with Crippen molar-refractivity contribution < 1.29 is 27.5 Å². The van der Waals surface area contributed by atoms with Gasteiger partial charge in [-0.05, 0) is 49.7 Å². The zero-order chi connectivity index (χ0) is 27.0. The van der Waals surface area contributed by atoms with Crippen LogP contribution in [0.5, 0.6) is 5.75 Å². The maximum atomic E-state index is 13.3. The molecule has 12 heteroatoms. The molecular weight excluding hydrogens is 510 g/mol. The second kappa shape index (κ2) is 9.93. The SMILES string of the molecule is CCOC(=O)N1c2cccc(OCCc3cnc4c(c3)C(=O)N(C)c3cccnc3N4CC)c2CS1(=O)=O. The van der Waals surface area contributed by atoms with Gasteiger partial charge in [0.15, 0.2) is 5.82 Å². The number of amides is 2. The molecule has 2 aliphatic rings. The summed E-state index contributed by atoms with van der Waals surface area (Å²) in [6.45, 7) is 4.43. The molecule has 0 spiro atoms. The topological polar surface area (TPSA) is 122 Å². The van der Waals surface area contributed by atoms with E-state index < -0.39 is 16.1 Å². The number of nitrogens with zero attached hydrogens (tertiary/aromatic N) is 5. The zero-order valence-corrected chi connectivity index (χ0v) is 22.1. The summed E-state index contributed by atoms with van der Waals surface area (Å²) >= 11 is 0. The fourth-order valence-electron chi connectivity index (χ4n) is 4.65. The monoisotopic (exact) mass is 537 g/mol. The largest absolute Gasteiger partial charge is 0.493 e. The molecule has 0 fully saturated rings. The van der Waals surface area contributed by atoms with Crippen molar-refractivity contribution in [3.05, 3.63) is 65.5 Å². The van der Waals surface area contributed by atoms with E-state index in [1.807, 2.05) is 17.9 Å². The average molecular weight is 538 g/mol. The van der Waals surface area contributed by atoms with Crippen LogP contribution in [0.2, 0.25) is 0 Å². The number of pyridine rings is 2. The summed E-state index contributed by atoms with van der Waals surface area (Å²) in [4.78, 5) is 38.2. The van der Waals surface area contributed by atoms with Crippen molar-refractivity contribution in [1.29, 1.82) is 0 Å². The first-order valence-electron chi connectivity index (χ1n) is 12.2. The molecule has 4 heterocycles. The minimum Gasteiger partial charge on any atom is -0.493 e. The second-order valence-electron chi connectivity index (χ2n) is 8.74. The Morgan fingerprint density at radius 2 is 1.87 bits per heavy atom. The standard InChI is InChI=1S/C26H27N5O6S/c1-4-30-23-18(25(32)29(3)21-9-7-12-27-24(21)30)14-17(15-28-23)11-13-37-22-10-6-8-20-19(22)16-38(34,35)31(20)26(33)36-5-2/h6-10,12,14-15H,4-5,11,13,16H2,1-3H3. The molecule has 0 N–H and O–H groups in total. The van der Waals surface area contributed by atoms with Crippen molar-refractivity contribution in [2.75, 3.05) is 40.9 Å².